The van der Waals surface area contributed by atoms with Gasteiger partial charge in [0.1, 0.15) is 12.4 Å². The van der Waals surface area contributed by atoms with E-state index in [1.54, 1.807) is 12.1 Å². The third-order valence-corrected chi connectivity index (χ3v) is 3.27. The molecule has 0 spiro atoms. The lowest BCUT2D eigenvalue weighted by Gasteiger charge is -2.12. The van der Waals surface area contributed by atoms with Gasteiger partial charge in [-0.25, -0.2) is 0 Å². The summed E-state index contributed by atoms with van der Waals surface area (Å²) in [5.41, 5.74) is 8.89. The molecule has 0 aliphatic rings. The molecule has 2 N–H and O–H groups in total. The van der Waals surface area contributed by atoms with Crippen LogP contribution in [0.2, 0.25) is 0 Å². The fraction of sp³-hybridized carbons (Fsp3) is 0.250. The highest BCUT2D eigenvalue weighted by Crippen LogP contribution is 2.23. The average Bonchev–Trinajstić information content (AvgIpc) is 2.46. The number of nitro groups is 1. The van der Waals surface area contributed by atoms with Crippen LogP contribution in [-0.4, -0.2) is 4.92 Å². The van der Waals surface area contributed by atoms with E-state index in [1.165, 1.54) is 12.1 Å². The Labute approximate surface area is 123 Å². The van der Waals surface area contributed by atoms with E-state index >= 15 is 0 Å². The van der Waals surface area contributed by atoms with E-state index in [0.29, 0.717) is 6.61 Å². The van der Waals surface area contributed by atoms with Gasteiger partial charge < -0.3 is 10.5 Å². The van der Waals surface area contributed by atoms with Gasteiger partial charge in [-0.05, 0) is 48.7 Å². The quantitative estimate of drug-likeness (QED) is 0.674. The first kappa shape index (κ1) is 15.0. The number of benzene rings is 2. The van der Waals surface area contributed by atoms with Crippen molar-refractivity contribution in [2.45, 2.75) is 26.5 Å². The molecule has 0 radical (unpaired) electrons. The molecule has 0 saturated heterocycles. The molecule has 5 nitrogen and oxygen atoms in total. The molecule has 0 unspecified atom stereocenters. The standard InChI is InChI=1S/C16H18N2O3/c1-11-9-14(12(2)17)5-8-16(11)21-10-13-3-6-15(7-4-13)18(19)20/h3-9,12H,10,17H2,1-2H3/t12-/m0/s1. The Hall–Kier alpha value is -2.40. The minimum Gasteiger partial charge on any atom is -0.489 e. The highest BCUT2D eigenvalue weighted by Gasteiger charge is 2.06. The van der Waals surface area contributed by atoms with Gasteiger partial charge in [0.05, 0.1) is 4.92 Å². The fourth-order valence-electron chi connectivity index (χ4n) is 1.99. The maximum atomic E-state index is 10.6. The van der Waals surface area contributed by atoms with Crippen molar-refractivity contribution in [3.8, 4) is 5.75 Å². The third-order valence-electron chi connectivity index (χ3n) is 3.27. The number of hydrogen-bond acceptors (Lipinski definition) is 4. The summed E-state index contributed by atoms with van der Waals surface area (Å²) in [4.78, 5) is 10.2. The third kappa shape index (κ3) is 3.79. The van der Waals surface area contributed by atoms with Crippen molar-refractivity contribution < 1.29 is 9.66 Å². The fourth-order valence-corrected chi connectivity index (χ4v) is 1.99. The van der Waals surface area contributed by atoms with E-state index in [1.807, 2.05) is 32.0 Å². The van der Waals surface area contributed by atoms with Crippen LogP contribution in [0.5, 0.6) is 5.75 Å². The van der Waals surface area contributed by atoms with E-state index in [0.717, 1.165) is 22.4 Å². The van der Waals surface area contributed by atoms with E-state index in [2.05, 4.69) is 0 Å². The van der Waals surface area contributed by atoms with Crippen molar-refractivity contribution >= 4 is 5.69 Å². The molecule has 0 fully saturated rings. The summed E-state index contributed by atoms with van der Waals surface area (Å²) in [5, 5.41) is 10.6. The minimum atomic E-state index is -0.415. The van der Waals surface area contributed by atoms with Crippen LogP contribution in [0.3, 0.4) is 0 Å². The van der Waals surface area contributed by atoms with Gasteiger partial charge in [-0.15, -0.1) is 0 Å². The number of rotatable bonds is 5. The van der Waals surface area contributed by atoms with Gasteiger partial charge in [-0.1, -0.05) is 12.1 Å². The smallest absolute Gasteiger partial charge is 0.269 e. The number of aryl methyl sites for hydroxylation is 1. The molecule has 2 aromatic rings. The number of nitrogens with two attached hydrogens (primary N) is 1. The Morgan fingerprint density at radius 1 is 1.24 bits per heavy atom. The summed E-state index contributed by atoms with van der Waals surface area (Å²) >= 11 is 0. The van der Waals surface area contributed by atoms with Crippen LogP contribution >= 0.6 is 0 Å². The van der Waals surface area contributed by atoms with Crippen LogP contribution in [0.15, 0.2) is 42.5 Å². The summed E-state index contributed by atoms with van der Waals surface area (Å²) in [6.45, 7) is 4.28. The molecular weight excluding hydrogens is 268 g/mol. The van der Waals surface area contributed by atoms with Crippen molar-refractivity contribution in [1.82, 2.24) is 0 Å². The summed E-state index contributed by atoms with van der Waals surface area (Å²) in [6, 6.07) is 12.2. The van der Waals surface area contributed by atoms with Crippen molar-refractivity contribution in [3.63, 3.8) is 0 Å². The molecule has 110 valence electrons. The second-order valence-electron chi connectivity index (χ2n) is 5.03. The lowest BCUT2D eigenvalue weighted by molar-refractivity contribution is -0.384. The molecule has 0 amide bonds. The lowest BCUT2D eigenvalue weighted by Crippen LogP contribution is -2.05. The van der Waals surface area contributed by atoms with Crippen LogP contribution in [0.1, 0.15) is 29.7 Å². The van der Waals surface area contributed by atoms with E-state index < -0.39 is 4.92 Å². The molecule has 1 atom stereocenters. The van der Waals surface area contributed by atoms with Gasteiger partial charge >= 0.3 is 0 Å². The molecule has 0 aromatic heterocycles. The van der Waals surface area contributed by atoms with E-state index in [4.69, 9.17) is 10.5 Å². The zero-order chi connectivity index (χ0) is 15.4. The molecule has 0 aliphatic heterocycles. The van der Waals surface area contributed by atoms with Crippen LogP contribution in [0.25, 0.3) is 0 Å². The van der Waals surface area contributed by atoms with Crippen LogP contribution in [-0.2, 0) is 6.61 Å². The Balaban J connectivity index is 2.04. The zero-order valence-corrected chi connectivity index (χ0v) is 12.1. The monoisotopic (exact) mass is 286 g/mol. The Morgan fingerprint density at radius 2 is 1.90 bits per heavy atom. The molecular formula is C16H18N2O3. The number of non-ortho nitro benzene ring substituents is 1. The first-order chi connectivity index (χ1) is 9.97. The maximum absolute atomic E-state index is 10.6. The Kier molecular flexibility index (Phi) is 4.55. The van der Waals surface area contributed by atoms with Crippen LogP contribution in [0, 0.1) is 17.0 Å². The minimum absolute atomic E-state index is 0.00702. The van der Waals surface area contributed by atoms with Gasteiger partial charge in [0.2, 0.25) is 0 Å². The first-order valence-corrected chi connectivity index (χ1v) is 6.69. The number of hydrogen-bond donors (Lipinski definition) is 1. The molecule has 0 saturated carbocycles. The van der Waals surface area contributed by atoms with Crippen LogP contribution < -0.4 is 10.5 Å². The van der Waals surface area contributed by atoms with Gasteiger partial charge in [0, 0.05) is 18.2 Å². The maximum Gasteiger partial charge on any atom is 0.269 e. The number of ether oxygens (including phenoxy) is 1. The number of nitrogens with zero attached hydrogens (tertiary/aromatic N) is 1. The molecule has 0 aliphatic carbocycles. The summed E-state index contributed by atoms with van der Waals surface area (Å²) in [7, 11) is 0. The van der Waals surface area contributed by atoms with Gasteiger partial charge in [0.25, 0.3) is 5.69 Å². The van der Waals surface area contributed by atoms with Crippen molar-refractivity contribution in [3.05, 3.63) is 69.3 Å². The molecule has 2 rings (SSSR count). The van der Waals surface area contributed by atoms with Crippen LogP contribution in [0.4, 0.5) is 5.69 Å². The molecule has 21 heavy (non-hydrogen) atoms. The number of nitro benzene ring substituents is 1. The van der Waals surface area contributed by atoms with Crippen molar-refractivity contribution in [2.24, 2.45) is 5.73 Å². The second-order valence-corrected chi connectivity index (χ2v) is 5.03. The molecule has 0 bridgehead atoms. The Bertz CT molecular complexity index is 636. The summed E-state index contributed by atoms with van der Waals surface area (Å²) in [5.74, 6) is 0.790. The predicted molar refractivity (Wildman–Crippen MR) is 81.2 cm³/mol. The van der Waals surface area contributed by atoms with Gasteiger partial charge in [0.15, 0.2) is 0 Å². The predicted octanol–water partition coefficient (Wildman–Crippen LogP) is 3.50. The van der Waals surface area contributed by atoms with E-state index in [-0.39, 0.29) is 11.7 Å². The lowest BCUT2D eigenvalue weighted by atomic mass is 10.1. The topological polar surface area (TPSA) is 78.4 Å². The largest absolute Gasteiger partial charge is 0.489 e. The first-order valence-electron chi connectivity index (χ1n) is 6.69. The van der Waals surface area contributed by atoms with Crippen molar-refractivity contribution in [1.29, 1.82) is 0 Å². The van der Waals surface area contributed by atoms with Crippen molar-refractivity contribution in [2.75, 3.05) is 0 Å². The zero-order valence-electron chi connectivity index (χ0n) is 12.1. The molecule has 0 heterocycles. The van der Waals surface area contributed by atoms with Gasteiger partial charge in [-0.2, -0.15) is 0 Å². The Morgan fingerprint density at radius 3 is 2.43 bits per heavy atom. The SMILES string of the molecule is Cc1cc([C@H](C)N)ccc1OCc1ccc([N+](=O)[O-])cc1. The highest BCUT2D eigenvalue weighted by molar-refractivity contribution is 5.38. The molecule has 5 heteroatoms. The normalized spacial score (nSPS) is 12.0. The average molecular weight is 286 g/mol. The summed E-state index contributed by atoms with van der Waals surface area (Å²) < 4.78 is 5.75. The second kappa shape index (κ2) is 6.37. The highest BCUT2D eigenvalue weighted by atomic mass is 16.6. The molecule has 2 aromatic carbocycles. The van der Waals surface area contributed by atoms with E-state index in [9.17, 15) is 10.1 Å². The summed E-state index contributed by atoms with van der Waals surface area (Å²) in [6.07, 6.45) is 0. The van der Waals surface area contributed by atoms with Gasteiger partial charge in [-0.3, -0.25) is 10.1 Å².